The van der Waals surface area contributed by atoms with Gasteiger partial charge in [0.1, 0.15) is 0 Å². The predicted octanol–water partition coefficient (Wildman–Crippen LogP) is 2.82. The molecule has 0 aromatic heterocycles. The molecule has 0 saturated carbocycles. The molecule has 2 aliphatic heterocycles. The van der Waals surface area contributed by atoms with Crippen molar-refractivity contribution in [1.82, 2.24) is 4.90 Å². The summed E-state index contributed by atoms with van der Waals surface area (Å²) < 4.78 is 26.7. The molecule has 1 amide bonds. The summed E-state index contributed by atoms with van der Waals surface area (Å²) in [5.74, 6) is -2.55. The van der Waals surface area contributed by atoms with Crippen LogP contribution in [0.5, 0.6) is 0 Å². The average Bonchev–Trinajstić information content (AvgIpc) is 2.35. The first kappa shape index (κ1) is 11.8. The second-order valence-corrected chi connectivity index (χ2v) is 6.11. The van der Waals surface area contributed by atoms with E-state index in [2.05, 4.69) is 0 Å². The molecule has 2 saturated heterocycles. The largest absolute Gasteiger partial charge is 0.336 e. The lowest BCUT2D eigenvalue weighted by molar-refractivity contribution is -0.152. The Labute approximate surface area is 95.0 Å². The Morgan fingerprint density at radius 2 is 1.62 bits per heavy atom. The highest BCUT2D eigenvalue weighted by molar-refractivity contribution is 5.82. The molecule has 0 N–H and O–H groups in total. The Bertz CT molecular complexity index is 293. The van der Waals surface area contributed by atoms with Crippen LogP contribution in [-0.2, 0) is 4.79 Å². The lowest BCUT2D eigenvalue weighted by atomic mass is 9.90. The van der Waals surface area contributed by atoms with Gasteiger partial charge in [-0.1, -0.05) is 20.8 Å². The van der Waals surface area contributed by atoms with Crippen LogP contribution in [0, 0.1) is 5.41 Å². The van der Waals surface area contributed by atoms with Crippen LogP contribution in [0.1, 0.15) is 46.5 Å². The summed E-state index contributed by atoms with van der Waals surface area (Å²) in [5, 5.41) is 0. The second kappa shape index (κ2) is 3.41. The zero-order valence-electron chi connectivity index (χ0n) is 10.1. The summed E-state index contributed by atoms with van der Waals surface area (Å²) in [5.41, 5.74) is -0.465. The molecule has 2 rings (SSSR count). The summed E-state index contributed by atoms with van der Waals surface area (Å²) >= 11 is 0. The van der Waals surface area contributed by atoms with Crippen molar-refractivity contribution in [3.05, 3.63) is 0 Å². The molecule has 0 spiro atoms. The van der Waals surface area contributed by atoms with E-state index in [1.807, 2.05) is 20.8 Å². The van der Waals surface area contributed by atoms with Crippen molar-refractivity contribution in [1.29, 1.82) is 0 Å². The van der Waals surface area contributed by atoms with E-state index in [-0.39, 0.29) is 30.8 Å². The maximum absolute atomic E-state index is 13.3. The van der Waals surface area contributed by atoms with Crippen LogP contribution in [0.3, 0.4) is 0 Å². The molecule has 2 unspecified atom stereocenters. The number of rotatable bonds is 0. The quantitative estimate of drug-likeness (QED) is 0.627. The van der Waals surface area contributed by atoms with Crippen molar-refractivity contribution in [3.63, 3.8) is 0 Å². The number of amides is 1. The zero-order chi connectivity index (χ0) is 12.1. The fraction of sp³-hybridized carbons (Fsp3) is 0.917. The topological polar surface area (TPSA) is 20.3 Å². The Kier molecular flexibility index (Phi) is 2.52. The number of fused-ring (bicyclic) bond motifs is 2. The molecular formula is C12H19F2NO. The highest BCUT2D eigenvalue weighted by Gasteiger charge is 2.52. The van der Waals surface area contributed by atoms with E-state index < -0.39 is 11.3 Å². The molecule has 0 aromatic rings. The maximum atomic E-state index is 13.3. The molecule has 2 nitrogen and oxygen atoms in total. The van der Waals surface area contributed by atoms with Crippen molar-refractivity contribution >= 4 is 5.91 Å². The van der Waals surface area contributed by atoms with Crippen LogP contribution in [0.25, 0.3) is 0 Å². The van der Waals surface area contributed by atoms with Gasteiger partial charge in [-0.3, -0.25) is 4.79 Å². The van der Waals surface area contributed by atoms with Crippen LogP contribution in [0.4, 0.5) is 8.78 Å². The lowest BCUT2D eigenvalue weighted by Crippen LogP contribution is -2.53. The standard InChI is InChI=1S/C12H19F2NO/c1-11(2,3)10(16)15-8-4-5-9(15)7-12(13,14)6-8/h8-9H,4-7H2,1-3H3. The van der Waals surface area contributed by atoms with Gasteiger partial charge in [-0.15, -0.1) is 0 Å². The molecule has 16 heavy (non-hydrogen) atoms. The number of carbonyl (C=O) groups excluding carboxylic acids is 1. The third kappa shape index (κ3) is 1.94. The Hall–Kier alpha value is -0.670. The first-order valence-corrected chi connectivity index (χ1v) is 5.91. The average molecular weight is 231 g/mol. The van der Waals surface area contributed by atoms with Gasteiger partial charge >= 0.3 is 0 Å². The van der Waals surface area contributed by atoms with Gasteiger partial charge in [0.15, 0.2) is 0 Å². The molecule has 2 aliphatic rings. The second-order valence-electron chi connectivity index (χ2n) is 6.11. The maximum Gasteiger partial charge on any atom is 0.252 e. The Morgan fingerprint density at radius 3 is 2.00 bits per heavy atom. The van der Waals surface area contributed by atoms with Crippen molar-refractivity contribution in [2.45, 2.75) is 64.5 Å². The van der Waals surface area contributed by atoms with Gasteiger partial charge < -0.3 is 4.90 Å². The van der Waals surface area contributed by atoms with E-state index in [1.54, 1.807) is 4.90 Å². The van der Waals surface area contributed by atoms with Gasteiger partial charge in [0.25, 0.3) is 5.92 Å². The van der Waals surface area contributed by atoms with Crippen LogP contribution in [-0.4, -0.2) is 28.8 Å². The van der Waals surface area contributed by atoms with Gasteiger partial charge in [-0.25, -0.2) is 8.78 Å². The number of hydrogen-bond acceptors (Lipinski definition) is 1. The summed E-state index contributed by atoms with van der Waals surface area (Å²) in [6.07, 6.45) is 1.18. The number of carbonyl (C=O) groups is 1. The first-order valence-electron chi connectivity index (χ1n) is 5.91. The Morgan fingerprint density at radius 1 is 1.19 bits per heavy atom. The van der Waals surface area contributed by atoms with Gasteiger partial charge in [0.05, 0.1) is 0 Å². The van der Waals surface area contributed by atoms with Crippen LogP contribution >= 0.6 is 0 Å². The van der Waals surface area contributed by atoms with E-state index in [0.29, 0.717) is 0 Å². The van der Waals surface area contributed by atoms with Gasteiger partial charge in [-0.05, 0) is 12.8 Å². The summed E-state index contributed by atoms with van der Waals surface area (Å²) in [7, 11) is 0. The number of alkyl halides is 2. The van der Waals surface area contributed by atoms with E-state index in [4.69, 9.17) is 0 Å². The fourth-order valence-electron chi connectivity index (χ4n) is 2.85. The van der Waals surface area contributed by atoms with E-state index >= 15 is 0 Å². The predicted molar refractivity (Wildman–Crippen MR) is 57.3 cm³/mol. The number of hydrogen-bond donors (Lipinski definition) is 0. The fourth-order valence-corrected chi connectivity index (χ4v) is 2.85. The third-order valence-electron chi connectivity index (χ3n) is 3.56. The SMILES string of the molecule is CC(C)(C)C(=O)N1C2CCC1CC(F)(F)C2. The monoisotopic (exact) mass is 231 g/mol. The van der Waals surface area contributed by atoms with Gasteiger partial charge in [0, 0.05) is 30.3 Å². The molecule has 2 fully saturated rings. The number of halogens is 2. The molecule has 0 aliphatic carbocycles. The molecule has 92 valence electrons. The van der Waals surface area contributed by atoms with Gasteiger partial charge in [0.2, 0.25) is 5.91 Å². The molecule has 0 aromatic carbocycles. The molecule has 0 radical (unpaired) electrons. The molecule has 2 atom stereocenters. The highest BCUT2D eigenvalue weighted by atomic mass is 19.3. The number of piperidine rings is 1. The van der Waals surface area contributed by atoms with Crippen molar-refractivity contribution < 1.29 is 13.6 Å². The van der Waals surface area contributed by atoms with Crippen molar-refractivity contribution in [2.75, 3.05) is 0 Å². The van der Waals surface area contributed by atoms with Crippen LogP contribution in [0.15, 0.2) is 0 Å². The minimum absolute atomic E-state index is 0.0236. The summed E-state index contributed by atoms with van der Waals surface area (Å²) in [6.45, 7) is 5.55. The van der Waals surface area contributed by atoms with Crippen molar-refractivity contribution in [3.8, 4) is 0 Å². The molecular weight excluding hydrogens is 212 g/mol. The van der Waals surface area contributed by atoms with Crippen LogP contribution < -0.4 is 0 Å². The number of nitrogens with zero attached hydrogens (tertiary/aromatic N) is 1. The first-order chi connectivity index (χ1) is 7.21. The molecule has 4 heteroatoms. The van der Waals surface area contributed by atoms with Crippen molar-refractivity contribution in [2.24, 2.45) is 5.41 Å². The molecule has 2 heterocycles. The normalized spacial score (nSPS) is 32.9. The van der Waals surface area contributed by atoms with E-state index in [1.165, 1.54) is 0 Å². The third-order valence-corrected chi connectivity index (χ3v) is 3.56. The minimum atomic E-state index is -2.57. The lowest BCUT2D eigenvalue weighted by Gasteiger charge is -2.41. The smallest absolute Gasteiger partial charge is 0.252 e. The van der Waals surface area contributed by atoms with E-state index in [0.717, 1.165) is 12.8 Å². The van der Waals surface area contributed by atoms with E-state index in [9.17, 15) is 13.6 Å². The minimum Gasteiger partial charge on any atom is -0.336 e. The highest BCUT2D eigenvalue weighted by Crippen LogP contribution is 2.44. The zero-order valence-corrected chi connectivity index (χ0v) is 10.1. The molecule has 2 bridgehead atoms. The Balaban J connectivity index is 2.18. The van der Waals surface area contributed by atoms with Gasteiger partial charge in [-0.2, -0.15) is 0 Å². The summed E-state index contributed by atoms with van der Waals surface area (Å²) in [4.78, 5) is 13.9. The summed E-state index contributed by atoms with van der Waals surface area (Å²) in [6, 6.07) is -0.471. The van der Waals surface area contributed by atoms with Crippen LogP contribution in [0.2, 0.25) is 0 Å².